The minimum absolute atomic E-state index is 0.204. The first-order chi connectivity index (χ1) is 5.70. The lowest BCUT2D eigenvalue weighted by Gasteiger charge is -2.21. The highest BCUT2D eigenvalue weighted by molar-refractivity contribution is 6.27. The van der Waals surface area contributed by atoms with Gasteiger partial charge in [-0.15, -0.1) is 0 Å². The molecule has 1 aliphatic rings. The van der Waals surface area contributed by atoms with Gasteiger partial charge < -0.3 is 14.6 Å². The molecule has 12 heavy (non-hydrogen) atoms. The Kier molecular flexibility index (Phi) is 3.08. The van der Waals surface area contributed by atoms with Crippen molar-refractivity contribution < 1.29 is 19.4 Å². The summed E-state index contributed by atoms with van der Waals surface area (Å²) in [5.74, 6) is -2.98. The Morgan fingerprint density at radius 2 is 1.75 bits per heavy atom. The highest BCUT2D eigenvalue weighted by Gasteiger charge is 2.17. The Hall–Kier alpha value is -1.06. The second kappa shape index (κ2) is 4.09. The molecule has 0 aliphatic heterocycles. The minimum Gasteiger partial charge on any atom is -0.539 e. The summed E-state index contributed by atoms with van der Waals surface area (Å²) in [6, 6.07) is 0. The van der Waals surface area contributed by atoms with E-state index in [1.54, 1.807) is 0 Å². The summed E-state index contributed by atoms with van der Waals surface area (Å²) >= 11 is 0. The predicted octanol–water partition coefficient (Wildman–Crippen LogP) is -0.388. The molecule has 0 N–H and O–H groups in total. The highest BCUT2D eigenvalue weighted by atomic mass is 16.6. The van der Waals surface area contributed by atoms with Crippen molar-refractivity contribution in [3.05, 3.63) is 0 Å². The quantitative estimate of drug-likeness (QED) is 0.398. The Balaban J connectivity index is 2.29. The maximum absolute atomic E-state index is 10.5. The van der Waals surface area contributed by atoms with Gasteiger partial charge in [-0.05, 0) is 25.7 Å². The van der Waals surface area contributed by atoms with Gasteiger partial charge in [-0.2, -0.15) is 0 Å². The first-order valence-corrected chi connectivity index (χ1v) is 4.12. The van der Waals surface area contributed by atoms with Gasteiger partial charge in [0.1, 0.15) is 6.10 Å². The predicted molar refractivity (Wildman–Crippen MR) is 38.0 cm³/mol. The largest absolute Gasteiger partial charge is 0.539 e. The van der Waals surface area contributed by atoms with E-state index in [4.69, 9.17) is 0 Å². The second-order valence-corrected chi connectivity index (χ2v) is 2.95. The molecule has 0 saturated heterocycles. The Morgan fingerprint density at radius 1 is 1.17 bits per heavy atom. The zero-order valence-corrected chi connectivity index (χ0v) is 6.75. The van der Waals surface area contributed by atoms with Crippen LogP contribution in [0.5, 0.6) is 0 Å². The smallest absolute Gasteiger partial charge is 0.354 e. The zero-order valence-electron chi connectivity index (χ0n) is 6.75. The lowest BCUT2D eigenvalue weighted by molar-refractivity contribution is -0.304. The first kappa shape index (κ1) is 9.03. The van der Waals surface area contributed by atoms with E-state index in [9.17, 15) is 14.7 Å². The average molecular weight is 171 g/mol. The Labute approximate surface area is 70.5 Å². The summed E-state index contributed by atoms with van der Waals surface area (Å²) in [6.07, 6.45) is 4.50. The Morgan fingerprint density at radius 3 is 2.25 bits per heavy atom. The second-order valence-electron chi connectivity index (χ2n) is 2.95. The van der Waals surface area contributed by atoms with Crippen LogP contribution in [0.3, 0.4) is 0 Å². The number of ether oxygens (including phenoxy) is 1. The fourth-order valence-electron chi connectivity index (χ4n) is 1.38. The van der Waals surface area contributed by atoms with E-state index in [-0.39, 0.29) is 6.10 Å². The Bertz CT molecular complexity index is 181. The van der Waals surface area contributed by atoms with Crippen molar-refractivity contribution >= 4 is 11.9 Å². The number of carbonyl (C=O) groups is 2. The molecular weight excluding hydrogens is 160 g/mol. The number of esters is 1. The monoisotopic (exact) mass is 171 g/mol. The van der Waals surface area contributed by atoms with Gasteiger partial charge >= 0.3 is 5.97 Å². The fraction of sp³-hybridized carbons (Fsp3) is 0.750. The van der Waals surface area contributed by atoms with Crippen LogP contribution in [0.25, 0.3) is 0 Å². The maximum Gasteiger partial charge on any atom is 0.354 e. The summed E-state index contributed by atoms with van der Waals surface area (Å²) in [4.78, 5) is 20.5. The molecule has 0 aromatic rings. The van der Waals surface area contributed by atoms with Crippen LogP contribution in [0.4, 0.5) is 0 Å². The van der Waals surface area contributed by atoms with Crippen LogP contribution >= 0.6 is 0 Å². The van der Waals surface area contributed by atoms with Crippen molar-refractivity contribution in [2.45, 2.75) is 38.2 Å². The van der Waals surface area contributed by atoms with Crippen molar-refractivity contribution in [1.29, 1.82) is 0 Å². The van der Waals surface area contributed by atoms with Crippen LogP contribution in [0.2, 0.25) is 0 Å². The van der Waals surface area contributed by atoms with E-state index >= 15 is 0 Å². The number of carbonyl (C=O) groups excluding carboxylic acids is 2. The van der Waals surface area contributed by atoms with Crippen LogP contribution in [-0.2, 0) is 14.3 Å². The third-order valence-electron chi connectivity index (χ3n) is 1.99. The van der Waals surface area contributed by atoms with E-state index in [2.05, 4.69) is 4.74 Å². The maximum atomic E-state index is 10.5. The molecule has 0 bridgehead atoms. The SMILES string of the molecule is O=C([O-])C(=O)OC1CCCCC1. The summed E-state index contributed by atoms with van der Waals surface area (Å²) in [7, 11) is 0. The molecule has 1 aliphatic carbocycles. The van der Waals surface area contributed by atoms with Gasteiger partial charge in [-0.3, -0.25) is 0 Å². The van der Waals surface area contributed by atoms with Gasteiger partial charge in [0.2, 0.25) is 0 Å². The van der Waals surface area contributed by atoms with Gasteiger partial charge in [-0.1, -0.05) is 6.42 Å². The molecule has 4 heteroatoms. The van der Waals surface area contributed by atoms with E-state index in [1.165, 1.54) is 0 Å². The standard InChI is InChI=1S/C8H12O4/c9-7(10)8(11)12-6-4-2-1-3-5-6/h6H,1-5H2,(H,9,10)/p-1. The average Bonchev–Trinajstić information content (AvgIpc) is 2.06. The normalized spacial score (nSPS) is 18.7. The number of hydrogen-bond acceptors (Lipinski definition) is 4. The third kappa shape index (κ3) is 2.53. The highest BCUT2D eigenvalue weighted by Crippen LogP contribution is 2.20. The van der Waals surface area contributed by atoms with Crippen LogP contribution < -0.4 is 5.11 Å². The van der Waals surface area contributed by atoms with E-state index in [1.807, 2.05) is 0 Å². The third-order valence-corrected chi connectivity index (χ3v) is 1.99. The van der Waals surface area contributed by atoms with Gasteiger partial charge in [0.25, 0.3) is 0 Å². The van der Waals surface area contributed by atoms with Crippen LogP contribution in [0.1, 0.15) is 32.1 Å². The van der Waals surface area contributed by atoms with Crippen molar-refractivity contribution in [2.24, 2.45) is 0 Å². The first-order valence-electron chi connectivity index (χ1n) is 4.12. The van der Waals surface area contributed by atoms with E-state index in [0.717, 1.165) is 32.1 Å². The van der Waals surface area contributed by atoms with Crippen molar-refractivity contribution in [3.8, 4) is 0 Å². The number of carboxylic acid groups (broad SMARTS) is 1. The summed E-state index contributed by atoms with van der Waals surface area (Å²) in [5.41, 5.74) is 0. The molecule has 1 fully saturated rings. The molecule has 68 valence electrons. The van der Waals surface area contributed by atoms with E-state index < -0.39 is 11.9 Å². The van der Waals surface area contributed by atoms with Gasteiger partial charge in [0.05, 0.1) is 0 Å². The lowest BCUT2D eigenvalue weighted by atomic mass is 9.98. The lowest BCUT2D eigenvalue weighted by Crippen LogP contribution is -2.36. The zero-order chi connectivity index (χ0) is 8.97. The molecule has 0 unspecified atom stereocenters. The molecule has 0 amide bonds. The molecule has 0 radical (unpaired) electrons. The van der Waals surface area contributed by atoms with E-state index in [0.29, 0.717) is 0 Å². The molecule has 0 aromatic carbocycles. The molecule has 0 atom stereocenters. The van der Waals surface area contributed by atoms with Gasteiger partial charge in [-0.25, -0.2) is 4.79 Å². The van der Waals surface area contributed by atoms with Crippen LogP contribution in [-0.4, -0.2) is 18.0 Å². The van der Waals surface area contributed by atoms with Crippen molar-refractivity contribution in [2.75, 3.05) is 0 Å². The molecule has 0 heterocycles. The minimum atomic E-state index is -1.75. The molecule has 0 spiro atoms. The summed E-state index contributed by atoms with van der Waals surface area (Å²) in [6.45, 7) is 0. The summed E-state index contributed by atoms with van der Waals surface area (Å²) in [5, 5.41) is 9.99. The fourth-order valence-corrected chi connectivity index (χ4v) is 1.38. The van der Waals surface area contributed by atoms with Crippen molar-refractivity contribution in [1.82, 2.24) is 0 Å². The van der Waals surface area contributed by atoms with Crippen molar-refractivity contribution in [3.63, 3.8) is 0 Å². The molecule has 1 rings (SSSR count). The number of hydrogen-bond donors (Lipinski definition) is 0. The molecule has 0 aromatic heterocycles. The van der Waals surface area contributed by atoms with Crippen LogP contribution in [0.15, 0.2) is 0 Å². The molecular formula is C8H11O4-. The van der Waals surface area contributed by atoms with Gasteiger partial charge in [0, 0.05) is 0 Å². The van der Waals surface area contributed by atoms with Gasteiger partial charge in [0.15, 0.2) is 5.97 Å². The summed E-state index contributed by atoms with van der Waals surface area (Å²) < 4.78 is 4.65. The molecule has 4 nitrogen and oxygen atoms in total. The number of rotatable bonds is 1. The van der Waals surface area contributed by atoms with Crippen LogP contribution in [0, 0.1) is 0 Å². The topological polar surface area (TPSA) is 66.4 Å². The molecule has 1 saturated carbocycles. The number of aliphatic carboxylic acids is 1. The number of carboxylic acids is 1.